The van der Waals surface area contributed by atoms with Crippen LogP contribution in [0.25, 0.3) is 11.0 Å². The van der Waals surface area contributed by atoms with Crippen LogP contribution in [0.1, 0.15) is 18.5 Å². The van der Waals surface area contributed by atoms with E-state index in [1.165, 1.54) is 23.4 Å². The van der Waals surface area contributed by atoms with Gasteiger partial charge >= 0.3 is 6.09 Å². The van der Waals surface area contributed by atoms with E-state index in [2.05, 4.69) is 9.97 Å². The molecular formula is C19H16F3N3O3. The summed E-state index contributed by atoms with van der Waals surface area (Å²) in [6.45, 7) is -0.176. The molecule has 1 amide bonds. The highest BCUT2D eigenvalue weighted by Gasteiger charge is 2.37. The molecule has 2 aromatic carbocycles. The molecule has 0 aliphatic carbocycles. The average Bonchev–Trinajstić information content (AvgIpc) is 3.25. The van der Waals surface area contributed by atoms with Crippen LogP contribution < -0.4 is 9.64 Å². The van der Waals surface area contributed by atoms with Gasteiger partial charge in [-0.15, -0.1) is 0 Å². The van der Waals surface area contributed by atoms with Crippen molar-refractivity contribution in [1.29, 1.82) is 0 Å². The van der Waals surface area contributed by atoms with Crippen LogP contribution in [0.3, 0.4) is 0 Å². The third-order valence-electron chi connectivity index (χ3n) is 4.38. The molecule has 0 spiro atoms. The normalized spacial score (nSPS) is 17.2. The number of rotatable bonds is 5. The lowest BCUT2D eigenvalue weighted by molar-refractivity contribution is -0.0230. The maximum Gasteiger partial charge on any atom is 0.415 e. The van der Waals surface area contributed by atoms with E-state index in [0.717, 1.165) is 17.1 Å². The number of cyclic esters (lactones) is 1. The van der Waals surface area contributed by atoms with E-state index < -0.39 is 30.5 Å². The molecular weight excluding hydrogens is 375 g/mol. The molecule has 0 saturated carbocycles. The lowest BCUT2D eigenvalue weighted by atomic mass is 10.0. The van der Waals surface area contributed by atoms with Gasteiger partial charge < -0.3 is 14.5 Å². The topological polar surface area (TPSA) is 67.5 Å². The van der Waals surface area contributed by atoms with Gasteiger partial charge in [-0.25, -0.2) is 22.9 Å². The maximum absolute atomic E-state index is 14.7. The summed E-state index contributed by atoms with van der Waals surface area (Å²) in [5, 5.41) is 0. The van der Waals surface area contributed by atoms with Gasteiger partial charge in [0.2, 0.25) is 0 Å². The number of alkyl halides is 2. The highest BCUT2D eigenvalue weighted by molar-refractivity contribution is 5.93. The number of ether oxygens (including phenoxy) is 2. The van der Waals surface area contributed by atoms with Crippen LogP contribution in [0, 0.1) is 5.82 Å². The van der Waals surface area contributed by atoms with Gasteiger partial charge in [0.25, 0.3) is 5.92 Å². The monoisotopic (exact) mass is 391 g/mol. The maximum atomic E-state index is 14.7. The molecule has 1 N–H and O–H groups in total. The standard InChI is InChI=1S/C19H16F3N3O3/c1-19(21,22)9-28-12-3-4-13(14(20)7-12)17-8-27-18(26)25(17)11-2-5-15-16(6-11)24-10-23-15/h2-7,10,17H,8-9H2,1H3,(H,23,24)/t17-/m0/s1. The van der Waals surface area contributed by atoms with Gasteiger partial charge in [0, 0.05) is 18.6 Å². The number of nitrogens with one attached hydrogen (secondary N) is 1. The first-order valence-corrected chi connectivity index (χ1v) is 8.51. The number of H-pyrrole nitrogens is 1. The van der Waals surface area contributed by atoms with Crippen molar-refractivity contribution in [2.75, 3.05) is 18.1 Å². The third-order valence-corrected chi connectivity index (χ3v) is 4.38. The van der Waals surface area contributed by atoms with Crippen LogP contribution in [0.15, 0.2) is 42.7 Å². The molecule has 146 valence electrons. The molecule has 0 bridgehead atoms. The second kappa shape index (κ2) is 6.74. The fourth-order valence-corrected chi connectivity index (χ4v) is 3.09. The van der Waals surface area contributed by atoms with Crippen molar-refractivity contribution in [1.82, 2.24) is 9.97 Å². The molecule has 4 rings (SSSR count). The number of carbonyl (C=O) groups is 1. The largest absolute Gasteiger partial charge is 0.487 e. The number of hydrogen-bond acceptors (Lipinski definition) is 4. The summed E-state index contributed by atoms with van der Waals surface area (Å²) < 4.78 is 50.5. The summed E-state index contributed by atoms with van der Waals surface area (Å²) in [5.41, 5.74) is 2.18. The van der Waals surface area contributed by atoms with E-state index >= 15 is 0 Å². The lowest BCUT2D eigenvalue weighted by Gasteiger charge is -2.22. The predicted molar refractivity (Wildman–Crippen MR) is 95.2 cm³/mol. The van der Waals surface area contributed by atoms with Gasteiger partial charge in [-0.3, -0.25) is 4.90 Å². The molecule has 9 heteroatoms. The number of anilines is 1. The molecule has 1 aliphatic rings. The molecule has 0 radical (unpaired) electrons. The van der Waals surface area contributed by atoms with E-state index in [1.807, 2.05) is 0 Å². The van der Waals surface area contributed by atoms with Gasteiger partial charge in [0.15, 0.2) is 6.61 Å². The Balaban J connectivity index is 1.62. The van der Waals surface area contributed by atoms with Crippen LogP contribution in [-0.2, 0) is 4.74 Å². The van der Waals surface area contributed by atoms with Crippen LogP contribution >= 0.6 is 0 Å². The molecule has 1 atom stereocenters. The van der Waals surface area contributed by atoms with Crippen LogP contribution in [0.2, 0.25) is 0 Å². The summed E-state index contributed by atoms with van der Waals surface area (Å²) in [7, 11) is 0. The van der Waals surface area contributed by atoms with Crippen molar-refractivity contribution in [3.63, 3.8) is 0 Å². The molecule has 28 heavy (non-hydrogen) atoms. The lowest BCUT2D eigenvalue weighted by Crippen LogP contribution is -2.27. The number of aromatic nitrogens is 2. The van der Waals surface area contributed by atoms with Gasteiger partial charge in [0.05, 0.1) is 23.0 Å². The van der Waals surface area contributed by atoms with Crippen LogP contribution in [0.4, 0.5) is 23.7 Å². The third kappa shape index (κ3) is 3.47. The first-order valence-electron chi connectivity index (χ1n) is 8.51. The first-order chi connectivity index (χ1) is 13.3. The number of imidazole rings is 1. The van der Waals surface area contributed by atoms with Crippen molar-refractivity contribution in [3.8, 4) is 5.75 Å². The number of fused-ring (bicyclic) bond motifs is 1. The van der Waals surface area contributed by atoms with Gasteiger partial charge in [-0.2, -0.15) is 0 Å². The molecule has 1 fully saturated rings. The minimum Gasteiger partial charge on any atom is -0.487 e. The summed E-state index contributed by atoms with van der Waals surface area (Å²) in [5.74, 6) is -3.71. The Morgan fingerprint density at radius 2 is 2.14 bits per heavy atom. The number of halogens is 3. The summed E-state index contributed by atoms with van der Waals surface area (Å²) >= 11 is 0. The van der Waals surface area contributed by atoms with Gasteiger partial charge in [0.1, 0.15) is 24.2 Å². The Morgan fingerprint density at radius 3 is 2.89 bits per heavy atom. The van der Waals surface area contributed by atoms with Crippen LogP contribution in [0.5, 0.6) is 5.75 Å². The van der Waals surface area contributed by atoms with E-state index in [0.29, 0.717) is 12.6 Å². The fourth-order valence-electron chi connectivity index (χ4n) is 3.09. The summed E-state index contributed by atoms with van der Waals surface area (Å²) in [4.78, 5) is 20.7. The first kappa shape index (κ1) is 18.1. The van der Waals surface area contributed by atoms with Crippen molar-refractivity contribution in [2.45, 2.75) is 18.9 Å². The number of aromatic amines is 1. The van der Waals surface area contributed by atoms with Crippen molar-refractivity contribution >= 4 is 22.8 Å². The Bertz CT molecular complexity index is 1030. The number of nitrogens with zero attached hydrogens (tertiary/aromatic N) is 2. The van der Waals surface area contributed by atoms with E-state index in [-0.39, 0.29) is 17.9 Å². The second-order valence-electron chi connectivity index (χ2n) is 6.61. The van der Waals surface area contributed by atoms with Crippen LogP contribution in [-0.4, -0.2) is 35.2 Å². The zero-order valence-electron chi connectivity index (χ0n) is 14.8. The summed E-state index contributed by atoms with van der Waals surface area (Å²) in [6.07, 6.45) is 0.932. The molecule has 3 aromatic rings. The highest BCUT2D eigenvalue weighted by atomic mass is 19.3. The highest BCUT2D eigenvalue weighted by Crippen LogP contribution is 2.36. The van der Waals surface area contributed by atoms with Crippen molar-refractivity contribution in [3.05, 3.63) is 54.1 Å². The Kier molecular flexibility index (Phi) is 4.37. The number of amides is 1. The summed E-state index contributed by atoms with van der Waals surface area (Å²) in [6, 6.07) is 8.29. The molecule has 1 saturated heterocycles. The zero-order chi connectivity index (χ0) is 19.9. The Morgan fingerprint density at radius 1 is 1.32 bits per heavy atom. The minimum absolute atomic E-state index is 0.0153. The molecule has 1 aromatic heterocycles. The van der Waals surface area contributed by atoms with Crippen molar-refractivity contribution in [2.24, 2.45) is 0 Å². The second-order valence-corrected chi connectivity index (χ2v) is 6.61. The number of hydrogen-bond donors (Lipinski definition) is 1. The predicted octanol–water partition coefficient (Wildman–Crippen LogP) is 4.43. The number of carbonyl (C=O) groups excluding carboxylic acids is 1. The van der Waals surface area contributed by atoms with E-state index in [9.17, 15) is 18.0 Å². The van der Waals surface area contributed by atoms with E-state index in [4.69, 9.17) is 9.47 Å². The number of benzene rings is 2. The molecule has 1 aliphatic heterocycles. The zero-order valence-corrected chi connectivity index (χ0v) is 14.8. The molecule has 6 nitrogen and oxygen atoms in total. The van der Waals surface area contributed by atoms with E-state index in [1.54, 1.807) is 18.2 Å². The molecule has 2 heterocycles. The smallest absolute Gasteiger partial charge is 0.415 e. The minimum atomic E-state index is -3.02. The van der Waals surface area contributed by atoms with Gasteiger partial charge in [-0.1, -0.05) is 6.07 Å². The average molecular weight is 391 g/mol. The fraction of sp³-hybridized carbons (Fsp3) is 0.263. The quantitative estimate of drug-likeness (QED) is 0.699. The van der Waals surface area contributed by atoms with Crippen molar-refractivity contribution < 1.29 is 27.4 Å². The Labute approximate surface area is 157 Å². The molecule has 0 unspecified atom stereocenters. The SMILES string of the molecule is CC(F)(F)COc1ccc([C@@H]2COC(=O)N2c2ccc3nc[nH]c3c2)c(F)c1. The Hall–Kier alpha value is -3.23. The van der Waals surface area contributed by atoms with Gasteiger partial charge in [-0.05, 0) is 24.3 Å².